The Bertz CT molecular complexity index is 390. The summed E-state index contributed by atoms with van der Waals surface area (Å²) in [5.74, 6) is 0. The van der Waals surface area contributed by atoms with Crippen LogP contribution < -0.4 is 0 Å². The first-order valence-electron chi connectivity index (χ1n) is 6.11. The van der Waals surface area contributed by atoms with Gasteiger partial charge in [-0.25, -0.2) is 0 Å². The van der Waals surface area contributed by atoms with E-state index in [2.05, 4.69) is 13.6 Å². The number of rotatable bonds is 6. The van der Waals surface area contributed by atoms with E-state index in [-0.39, 0.29) is 6.54 Å². The van der Waals surface area contributed by atoms with E-state index < -0.39 is 52.6 Å². The van der Waals surface area contributed by atoms with Crippen LogP contribution in [0.1, 0.15) is 0 Å². The molecule has 146 valence electrons. The summed E-state index contributed by atoms with van der Waals surface area (Å²) in [7, 11) is -5.05. The van der Waals surface area contributed by atoms with E-state index >= 15 is 0 Å². The number of nitrogens with zero attached hydrogens (tertiary/aromatic N) is 1. The number of hydrogen-bond donors (Lipinski definition) is 0. The average Bonchev–Trinajstić information content (AvgIpc) is 2.70. The van der Waals surface area contributed by atoms with Crippen molar-refractivity contribution in [3.8, 4) is 0 Å². The van der Waals surface area contributed by atoms with Crippen LogP contribution in [0, 0.1) is 0 Å². The van der Waals surface area contributed by atoms with Crippen molar-refractivity contribution >= 4 is 7.66 Å². The standard InChI is InChI=1S/C9H13F9NO4P/c1-19-2-3-20-24(19,21-4-7(10,11)12,22-5-8(13,14)15)23-6-9(16,17)18/h2-6H2,1H3. The number of alkyl halides is 9. The summed E-state index contributed by atoms with van der Waals surface area (Å²) < 4.78 is 130. The fourth-order valence-electron chi connectivity index (χ4n) is 1.65. The third-order valence-corrected chi connectivity index (χ3v) is 6.22. The van der Waals surface area contributed by atoms with Crippen LogP contribution in [0.15, 0.2) is 0 Å². The van der Waals surface area contributed by atoms with Gasteiger partial charge in [-0.1, -0.05) is 0 Å². The third kappa shape index (κ3) is 5.85. The molecular weight excluding hydrogens is 388 g/mol. The Morgan fingerprint density at radius 1 is 0.792 bits per heavy atom. The first kappa shape index (κ1) is 21.6. The van der Waals surface area contributed by atoms with Gasteiger partial charge >= 0.3 is 128 Å². The zero-order valence-electron chi connectivity index (χ0n) is 12.0. The van der Waals surface area contributed by atoms with Gasteiger partial charge in [-0.2, -0.15) is 0 Å². The van der Waals surface area contributed by atoms with Crippen molar-refractivity contribution in [1.29, 1.82) is 0 Å². The zero-order valence-corrected chi connectivity index (χ0v) is 12.9. The number of halogens is 9. The second-order valence-corrected chi connectivity index (χ2v) is 7.92. The summed E-state index contributed by atoms with van der Waals surface area (Å²) in [6, 6.07) is 0. The molecule has 0 unspecified atom stereocenters. The van der Waals surface area contributed by atoms with Crippen LogP contribution in [0.3, 0.4) is 0 Å². The molecular formula is C9H13F9NO4P. The van der Waals surface area contributed by atoms with Crippen LogP contribution in [-0.2, 0) is 18.1 Å². The Balaban J connectivity index is 3.16. The van der Waals surface area contributed by atoms with E-state index in [9.17, 15) is 39.5 Å². The molecule has 0 atom stereocenters. The van der Waals surface area contributed by atoms with Crippen molar-refractivity contribution < 1.29 is 57.6 Å². The van der Waals surface area contributed by atoms with Crippen LogP contribution in [0.2, 0.25) is 0 Å². The maximum absolute atomic E-state index is 12.4. The van der Waals surface area contributed by atoms with Crippen LogP contribution in [-0.4, -0.2) is 63.2 Å². The van der Waals surface area contributed by atoms with E-state index in [0.29, 0.717) is 4.67 Å². The van der Waals surface area contributed by atoms with Crippen LogP contribution >= 0.6 is 7.66 Å². The van der Waals surface area contributed by atoms with Gasteiger partial charge in [0.2, 0.25) is 0 Å². The maximum atomic E-state index is 12.4. The molecule has 1 aliphatic heterocycles. The molecule has 0 aromatic heterocycles. The van der Waals surface area contributed by atoms with Crippen molar-refractivity contribution in [1.82, 2.24) is 4.67 Å². The van der Waals surface area contributed by atoms with Gasteiger partial charge in [-0.3, -0.25) is 0 Å². The molecule has 5 nitrogen and oxygen atoms in total. The second-order valence-electron chi connectivity index (χ2n) is 4.65. The minimum absolute atomic E-state index is 0.356. The fraction of sp³-hybridized carbons (Fsp3) is 1.00. The Hall–Kier alpha value is -0.400. The summed E-state index contributed by atoms with van der Waals surface area (Å²) in [5, 5.41) is 0. The summed E-state index contributed by atoms with van der Waals surface area (Å²) >= 11 is 0. The minimum atomic E-state index is -5.94. The van der Waals surface area contributed by atoms with Crippen molar-refractivity contribution in [2.24, 2.45) is 0 Å². The summed E-state index contributed by atoms with van der Waals surface area (Å²) in [4.78, 5) is 0. The average molecular weight is 401 g/mol. The molecule has 1 rings (SSSR count). The SMILES string of the molecule is CN1CCOP1(OCC(F)(F)F)(OCC(F)(F)F)OCC(F)(F)F. The molecule has 24 heavy (non-hydrogen) atoms. The number of hydrogen-bond acceptors (Lipinski definition) is 5. The van der Waals surface area contributed by atoms with Crippen molar-refractivity contribution in [2.45, 2.75) is 18.5 Å². The van der Waals surface area contributed by atoms with Crippen LogP contribution in [0.4, 0.5) is 39.5 Å². The molecule has 0 aromatic rings. The van der Waals surface area contributed by atoms with Gasteiger partial charge < -0.3 is 0 Å². The van der Waals surface area contributed by atoms with Crippen molar-refractivity contribution in [2.75, 3.05) is 40.0 Å². The predicted molar refractivity (Wildman–Crippen MR) is 61.5 cm³/mol. The predicted octanol–water partition coefficient (Wildman–Crippen LogP) is 3.81. The summed E-state index contributed by atoms with van der Waals surface area (Å²) in [5.41, 5.74) is 0. The summed E-state index contributed by atoms with van der Waals surface area (Å²) in [6.45, 7) is -7.55. The Morgan fingerprint density at radius 3 is 1.33 bits per heavy atom. The first-order valence-corrected chi connectivity index (χ1v) is 7.97. The van der Waals surface area contributed by atoms with Gasteiger partial charge in [-0.15, -0.1) is 0 Å². The molecule has 1 fully saturated rings. The monoisotopic (exact) mass is 401 g/mol. The van der Waals surface area contributed by atoms with Gasteiger partial charge in [0.25, 0.3) is 0 Å². The topological polar surface area (TPSA) is 40.2 Å². The van der Waals surface area contributed by atoms with E-state index in [1.807, 2.05) is 0 Å². The molecule has 1 aliphatic rings. The Kier molecular flexibility index (Phi) is 6.06. The molecule has 0 spiro atoms. The van der Waals surface area contributed by atoms with Crippen LogP contribution in [0.5, 0.6) is 0 Å². The van der Waals surface area contributed by atoms with Crippen LogP contribution in [0.25, 0.3) is 0 Å². The molecule has 1 saturated heterocycles. The van der Waals surface area contributed by atoms with E-state index in [0.717, 1.165) is 7.05 Å². The summed E-state index contributed by atoms with van der Waals surface area (Å²) in [6.07, 6.45) is -15.2. The number of likely N-dealkylation sites (N-methyl/N-ethyl adjacent to an activating group) is 1. The van der Waals surface area contributed by atoms with Gasteiger partial charge in [-0.05, 0) is 0 Å². The molecule has 1 heterocycles. The van der Waals surface area contributed by atoms with E-state index in [4.69, 9.17) is 4.52 Å². The van der Waals surface area contributed by atoms with Crippen molar-refractivity contribution in [3.05, 3.63) is 0 Å². The first-order chi connectivity index (χ1) is 10.6. The zero-order chi connectivity index (χ0) is 18.9. The molecule has 0 amide bonds. The molecule has 0 radical (unpaired) electrons. The van der Waals surface area contributed by atoms with Gasteiger partial charge in [0, 0.05) is 0 Å². The molecule has 0 aromatic carbocycles. The Morgan fingerprint density at radius 2 is 1.12 bits per heavy atom. The van der Waals surface area contributed by atoms with E-state index in [1.165, 1.54) is 0 Å². The Labute approximate surface area is 129 Å². The molecule has 15 heteroatoms. The molecule has 0 aliphatic carbocycles. The van der Waals surface area contributed by atoms with E-state index in [1.54, 1.807) is 0 Å². The molecule has 0 bridgehead atoms. The molecule has 0 saturated carbocycles. The molecule has 0 N–H and O–H groups in total. The normalized spacial score (nSPS) is 23.8. The fourth-order valence-corrected chi connectivity index (χ4v) is 4.77. The quantitative estimate of drug-likeness (QED) is 0.500. The third-order valence-electron chi connectivity index (χ3n) is 2.61. The van der Waals surface area contributed by atoms with Gasteiger partial charge in [0.1, 0.15) is 0 Å². The van der Waals surface area contributed by atoms with Crippen molar-refractivity contribution in [3.63, 3.8) is 0 Å². The van der Waals surface area contributed by atoms with Gasteiger partial charge in [0.15, 0.2) is 0 Å². The van der Waals surface area contributed by atoms with Gasteiger partial charge in [0.05, 0.1) is 0 Å². The second kappa shape index (κ2) is 6.72.